The summed E-state index contributed by atoms with van der Waals surface area (Å²) in [7, 11) is -3.57. The number of benzene rings is 2. The number of carbonyl (C=O) groups excluding carboxylic acids is 1. The van der Waals surface area contributed by atoms with Crippen molar-refractivity contribution in [1.29, 1.82) is 0 Å². The summed E-state index contributed by atoms with van der Waals surface area (Å²) in [5, 5.41) is 2.91. The fourth-order valence-electron chi connectivity index (χ4n) is 3.38. The number of rotatable bonds is 8. The van der Waals surface area contributed by atoms with Crippen LogP contribution in [0.1, 0.15) is 32.4 Å². The number of sulfonamides is 1. The third-order valence-corrected chi connectivity index (χ3v) is 6.00. The van der Waals surface area contributed by atoms with Crippen LogP contribution in [0.3, 0.4) is 0 Å². The van der Waals surface area contributed by atoms with Crippen LogP contribution in [0.25, 0.3) is 0 Å². The van der Waals surface area contributed by atoms with E-state index in [4.69, 9.17) is 14.2 Å². The standard InChI is InChI=1S/C22H28N2O6S/c1-5-28-19-12-11-16(13-20(19)29-6-2)15(3)23-22(25)21-14-24(31(4,26)27)17-9-7-8-10-18(17)30-21/h7-13,15,21H,5-6,14H2,1-4H3,(H,23,25)/t15-,21+/m1/s1. The number of amides is 1. The summed E-state index contributed by atoms with van der Waals surface area (Å²) >= 11 is 0. The maximum atomic E-state index is 12.9. The zero-order valence-electron chi connectivity index (χ0n) is 18.1. The van der Waals surface area contributed by atoms with E-state index in [1.807, 2.05) is 39.0 Å². The summed E-state index contributed by atoms with van der Waals surface area (Å²) < 4.78 is 42.8. The van der Waals surface area contributed by atoms with Crippen molar-refractivity contribution in [2.45, 2.75) is 32.9 Å². The van der Waals surface area contributed by atoms with Crippen LogP contribution in [0.15, 0.2) is 42.5 Å². The van der Waals surface area contributed by atoms with Crippen LogP contribution in [0, 0.1) is 0 Å². The van der Waals surface area contributed by atoms with Gasteiger partial charge in [0.2, 0.25) is 10.0 Å². The first-order valence-electron chi connectivity index (χ1n) is 10.2. The summed E-state index contributed by atoms with van der Waals surface area (Å²) in [5.74, 6) is 1.20. The smallest absolute Gasteiger partial charge is 0.263 e. The van der Waals surface area contributed by atoms with E-state index >= 15 is 0 Å². The van der Waals surface area contributed by atoms with Crippen molar-refractivity contribution in [3.8, 4) is 17.2 Å². The fourth-order valence-corrected chi connectivity index (χ4v) is 4.29. The molecule has 2 aromatic rings. The fraction of sp³-hybridized carbons (Fsp3) is 0.409. The number of para-hydroxylation sites is 2. The van der Waals surface area contributed by atoms with Crippen molar-refractivity contribution in [3.63, 3.8) is 0 Å². The summed E-state index contributed by atoms with van der Waals surface area (Å²) in [5.41, 5.74) is 1.26. The molecule has 1 heterocycles. The Bertz CT molecular complexity index is 1040. The molecule has 168 valence electrons. The summed E-state index contributed by atoms with van der Waals surface area (Å²) in [6.07, 6.45) is 0.142. The van der Waals surface area contributed by atoms with Gasteiger partial charge in [0.05, 0.1) is 37.7 Å². The van der Waals surface area contributed by atoms with E-state index < -0.39 is 22.0 Å². The quantitative estimate of drug-likeness (QED) is 0.667. The highest BCUT2D eigenvalue weighted by atomic mass is 32.2. The van der Waals surface area contributed by atoms with Crippen LogP contribution in [-0.2, 0) is 14.8 Å². The lowest BCUT2D eigenvalue weighted by molar-refractivity contribution is -0.128. The highest BCUT2D eigenvalue weighted by Gasteiger charge is 2.35. The van der Waals surface area contributed by atoms with E-state index in [-0.39, 0.29) is 12.6 Å². The van der Waals surface area contributed by atoms with E-state index in [1.165, 1.54) is 4.31 Å². The molecule has 9 heteroatoms. The van der Waals surface area contributed by atoms with Crippen molar-refractivity contribution in [2.24, 2.45) is 0 Å². The first-order valence-corrected chi connectivity index (χ1v) is 12.0. The van der Waals surface area contributed by atoms with E-state index in [1.54, 1.807) is 24.3 Å². The molecule has 0 spiro atoms. The number of nitrogens with zero attached hydrogens (tertiary/aromatic N) is 1. The zero-order chi connectivity index (χ0) is 22.6. The number of fused-ring (bicyclic) bond motifs is 1. The van der Waals surface area contributed by atoms with Crippen molar-refractivity contribution >= 4 is 21.6 Å². The van der Waals surface area contributed by atoms with Gasteiger partial charge in [-0.3, -0.25) is 9.10 Å². The molecule has 3 rings (SSSR count). The van der Waals surface area contributed by atoms with Gasteiger partial charge in [0.15, 0.2) is 17.6 Å². The third kappa shape index (κ3) is 5.22. The third-order valence-electron chi connectivity index (χ3n) is 4.85. The molecular weight excluding hydrogens is 420 g/mol. The molecular formula is C22H28N2O6S. The number of carbonyl (C=O) groups is 1. The normalized spacial score (nSPS) is 16.6. The number of ether oxygens (including phenoxy) is 3. The van der Waals surface area contributed by atoms with E-state index in [0.29, 0.717) is 36.1 Å². The molecule has 0 radical (unpaired) electrons. The Morgan fingerprint density at radius 3 is 2.52 bits per heavy atom. The predicted octanol–water partition coefficient (Wildman–Crippen LogP) is 2.89. The first-order chi connectivity index (χ1) is 14.7. The van der Waals surface area contributed by atoms with Crippen LogP contribution >= 0.6 is 0 Å². The molecule has 1 aliphatic heterocycles. The van der Waals surface area contributed by atoms with Crippen LogP contribution in [0.2, 0.25) is 0 Å². The monoisotopic (exact) mass is 448 g/mol. The van der Waals surface area contributed by atoms with Gasteiger partial charge in [0.25, 0.3) is 5.91 Å². The van der Waals surface area contributed by atoms with Gasteiger partial charge < -0.3 is 19.5 Å². The molecule has 31 heavy (non-hydrogen) atoms. The number of anilines is 1. The van der Waals surface area contributed by atoms with Crippen molar-refractivity contribution < 1.29 is 27.4 Å². The summed E-state index contributed by atoms with van der Waals surface area (Å²) in [6.45, 7) is 6.54. The Kier molecular flexibility index (Phi) is 6.94. The molecule has 1 aliphatic rings. The highest BCUT2D eigenvalue weighted by Crippen LogP contribution is 2.35. The molecule has 2 aromatic carbocycles. The number of hydrogen-bond acceptors (Lipinski definition) is 6. The van der Waals surface area contributed by atoms with Crippen molar-refractivity contribution in [3.05, 3.63) is 48.0 Å². The molecule has 2 atom stereocenters. The zero-order valence-corrected chi connectivity index (χ0v) is 18.9. The van der Waals surface area contributed by atoms with E-state index in [9.17, 15) is 13.2 Å². The molecule has 0 aliphatic carbocycles. The SMILES string of the molecule is CCOc1ccc([C@@H](C)NC(=O)[C@@H]2CN(S(C)(=O)=O)c3ccccc3O2)cc1OCC. The molecule has 0 aromatic heterocycles. The van der Waals surface area contributed by atoms with Gasteiger partial charge in [0.1, 0.15) is 5.75 Å². The molecule has 0 bridgehead atoms. The van der Waals surface area contributed by atoms with Crippen LogP contribution < -0.4 is 23.8 Å². The van der Waals surface area contributed by atoms with Gasteiger partial charge in [-0.25, -0.2) is 8.42 Å². The van der Waals surface area contributed by atoms with Gasteiger partial charge in [-0.2, -0.15) is 0 Å². The number of nitrogens with one attached hydrogen (secondary N) is 1. The van der Waals surface area contributed by atoms with Gasteiger partial charge in [-0.05, 0) is 50.6 Å². The minimum atomic E-state index is -3.57. The Hall–Kier alpha value is -2.94. The molecule has 1 N–H and O–H groups in total. The van der Waals surface area contributed by atoms with Gasteiger partial charge in [-0.15, -0.1) is 0 Å². The minimum Gasteiger partial charge on any atom is -0.490 e. The largest absolute Gasteiger partial charge is 0.490 e. The lowest BCUT2D eigenvalue weighted by Crippen LogP contribution is -2.50. The average Bonchev–Trinajstić information content (AvgIpc) is 2.73. The lowest BCUT2D eigenvalue weighted by Gasteiger charge is -2.34. The Morgan fingerprint density at radius 2 is 1.84 bits per heavy atom. The van der Waals surface area contributed by atoms with Crippen molar-refractivity contribution in [2.75, 3.05) is 30.3 Å². The van der Waals surface area contributed by atoms with Gasteiger partial charge >= 0.3 is 0 Å². The lowest BCUT2D eigenvalue weighted by atomic mass is 10.1. The minimum absolute atomic E-state index is 0.0954. The molecule has 0 saturated heterocycles. The summed E-state index contributed by atoms with van der Waals surface area (Å²) in [6, 6.07) is 11.9. The Balaban J connectivity index is 1.78. The van der Waals surface area contributed by atoms with Crippen LogP contribution in [-0.4, -0.2) is 46.4 Å². The maximum absolute atomic E-state index is 12.9. The van der Waals surface area contributed by atoms with Crippen LogP contribution in [0.5, 0.6) is 17.2 Å². The van der Waals surface area contributed by atoms with E-state index in [0.717, 1.165) is 11.8 Å². The van der Waals surface area contributed by atoms with Gasteiger partial charge in [-0.1, -0.05) is 18.2 Å². The maximum Gasteiger partial charge on any atom is 0.263 e. The Labute approximate surface area is 183 Å². The second-order valence-corrected chi connectivity index (χ2v) is 9.08. The topological polar surface area (TPSA) is 94.2 Å². The predicted molar refractivity (Wildman–Crippen MR) is 118 cm³/mol. The highest BCUT2D eigenvalue weighted by molar-refractivity contribution is 7.92. The first kappa shape index (κ1) is 22.7. The molecule has 8 nitrogen and oxygen atoms in total. The second-order valence-electron chi connectivity index (χ2n) is 7.17. The molecule has 1 amide bonds. The summed E-state index contributed by atoms with van der Waals surface area (Å²) in [4.78, 5) is 12.9. The molecule has 0 fully saturated rings. The molecule has 0 saturated carbocycles. The van der Waals surface area contributed by atoms with E-state index in [2.05, 4.69) is 5.32 Å². The second kappa shape index (κ2) is 9.47. The van der Waals surface area contributed by atoms with Crippen LogP contribution in [0.4, 0.5) is 5.69 Å². The average molecular weight is 449 g/mol. The van der Waals surface area contributed by atoms with Gasteiger partial charge in [0, 0.05) is 0 Å². The Morgan fingerprint density at radius 1 is 1.16 bits per heavy atom. The number of hydrogen-bond donors (Lipinski definition) is 1. The molecule has 0 unspecified atom stereocenters. The van der Waals surface area contributed by atoms with Crippen molar-refractivity contribution in [1.82, 2.24) is 5.32 Å².